The van der Waals surface area contributed by atoms with Crippen LogP contribution in [0.25, 0.3) is 11.4 Å². The van der Waals surface area contributed by atoms with E-state index in [1.165, 1.54) is 11.8 Å². The van der Waals surface area contributed by atoms with Crippen molar-refractivity contribution in [1.82, 2.24) is 14.8 Å². The van der Waals surface area contributed by atoms with Gasteiger partial charge in [0, 0.05) is 17.6 Å². The molecular weight excluding hydrogens is 384 g/mol. The second kappa shape index (κ2) is 8.45. The van der Waals surface area contributed by atoms with Crippen molar-refractivity contribution in [1.29, 1.82) is 0 Å². The number of methoxy groups -OCH3 is 1. The van der Waals surface area contributed by atoms with Gasteiger partial charge in [-0.25, -0.2) is 0 Å². The molecule has 1 amide bonds. The summed E-state index contributed by atoms with van der Waals surface area (Å²) < 4.78 is 7.13. The molecule has 0 aliphatic carbocycles. The van der Waals surface area contributed by atoms with E-state index in [0.717, 1.165) is 11.1 Å². The normalized spacial score (nSPS) is 10.7. The third-order valence-electron chi connectivity index (χ3n) is 3.88. The minimum atomic E-state index is -0.142. The van der Waals surface area contributed by atoms with Crippen molar-refractivity contribution < 1.29 is 9.53 Å². The molecule has 3 rings (SSSR count). The van der Waals surface area contributed by atoms with Gasteiger partial charge in [0.2, 0.25) is 5.91 Å². The zero-order valence-corrected chi connectivity index (χ0v) is 16.8. The molecule has 1 heterocycles. The number of hydrogen-bond acceptors (Lipinski definition) is 5. The van der Waals surface area contributed by atoms with Gasteiger partial charge in [-0.3, -0.25) is 4.79 Å². The summed E-state index contributed by atoms with van der Waals surface area (Å²) in [5.41, 5.74) is 2.57. The standard InChI is InChI=1S/C19H19ClN4O2S/c1-12-7-8-16(26-3)15(9-12)21-17(25)11-27-19-23-22-18(24(19)2)13-5-4-6-14(20)10-13/h4-10H,11H2,1-3H3,(H,21,25). The number of carbonyl (C=O) groups is 1. The molecule has 1 N–H and O–H groups in total. The monoisotopic (exact) mass is 402 g/mol. The lowest BCUT2D eigenvalue weighted by molar-refractivity contribution is -0.113. The van der Waals surface area contributed by atoms with Gasteiger partial charge in [-0.05, 0) is 36.8 Å². The van der Waals surface area contributed by atoms with Crippen molar-refractivity contribution in [3.05, 3.63) is 53.1 Å². The van der Waals surface area contributed by atoms with Gasteiger partial charge in [0.25, 0.3) is 0 Å². The van der Waals surface area contributed by atoms with E-state index in [1.807, 2.05) is 54.9 Å². The summed E-state index contributed by atoms with van der Waals surface area (Å²) in [6, 6.07) is 13.1. The van der Waals surface area contributed by atoms with Crippen LogP contribution in [0, 0.1) is 6.92 Å². The highest BCUT2D eigenvalue weighted by atomic mass is 35.5. The lowest BCUT2D eigenvalue weighted by Gasteiger charge is -2.11. The first-order valence-corrected chi connectivity index (χ1v) is 9.57. The van der Waals surface area contributed by atoms with Gasteiger partial charge in [-0.2, -0.15) is 0 Å². The number of nitrogens with one attached hydrogen (secondary N) is 1. The second-order valence-corrected chi connectivity index (χ2v) is 7.30. The molecule has 8 heteroatoms. The van der Waals surface area contributed by atoms with E-state index in [4.69, 9.17) is 16.3 Å². The Kier molecular flexibility index (Phi) is 6.03. The Labute approximate surface area is 166 Å². The van der Waals surface area contributed by atoms with Crippen LogP contribution in [-0.4, -0.2) is 33.5 Å². The molecule has 0 aliphatic rings. The van der Waals surface area contributed by atoms with Crippen LogP contribution in [0.5, 0.6) is 5.75 Å². The van der Waals surface area contributed by atoms with E-state index < -0.39 is 0 Å². The fourth-order valence-corrected chi connectivity index (χ4v) is 3.46. The number of hydrogen-bond donors (Lipinski definition) is 1. The van der Waals surface area contributed by atoms with Crippen LogP contribution >= 0.6 is 23.4 Å². The van der Waals surface area contributed by atoms with Gasteiger partial charge in [-0.1, -0.05) is 41.6 Å². The number of ether oxygens (including phenoxy) is 1. The van der Waals surface area contributed by atoms with E-state index in [2.05, 4.69) is 15.5 Å². The predicted octanol–water partition coefficient (Wildman–Crippen LogP) is 4.18. The smallest absolute Gasteiger partial charge is 0.234 e. The van der Waals surface area contributed by atoms with E-state index in [1.54, 1.807) is 13.2 Å². The van der Waals surface area contributed by atoms with Crippen LogP contribution in [0.2, 0.25) is 5.02 Å². The number of halogens is 1. The Morgan fingerprint density at radius 2 is 2.07 bits per heavy atom. The first kappa shape index (κ1) is 19.3. The Hall–Kier alpha value is -2.51. The van der Waals surface area contributed by atoms with Crippen LogP contribution in [0.3, 0.4) is 0 Å². The highest BCUT2D eigenvalue weighted by Gasteiger charge is 2.14. The largest absolute Gasteiger partial charge is 0.495 e. The van der Waals surface area contributed by atoms with E-state index in [-0.39, 0.29) is 11.7 Å². The van der Waals surface area contributed by atoms with Crippen LogP contribution in [0.1, 0.15) is 5.56 Å². The highest BCUT2D eigenvalue weighted by molar-refractivity contribution is 7.99. The van der Waals surface area contributed by atoms with Crippen molar-refractivity contribution >= 4 is 35.0 Å². The summed E-state index contributed by atoms with van der Waals surface area (Å²) in [5.74, 6) is 1.39. The summed E-state index contributed by atoms with van der Waals surface area (Å²) >= 11 is 7.36. The molecule has 1 aromatic heterocycles. The number of amides is 1. The number of carbonyl (C=O) groups excluding carboxylic acids is 1. The van der Waals surface area contributed by atoms with Crippen molar-refractivity contribution in [3.8, 4) is 17.1 Å². The number of anilines is 1. The predicted molar refractivity (Wildman–Crippen MR) is 109 cm³/mol. The number of rotatable bonds is 6. The summed E-state index contributed by atoms with van der Waals surface area (Å²) in [5, 5.41) is 12.5. The van der Waals surface area contributed by atoms with Crippen molar-refractivity contribution in [3.63, 3.8) is 0 Å². The van der Waals surface area contributed by atoms with Gasteiger partial charge >= 0.3 is 0 Å². The van der Waals surface area contributed by atoms with Crippen LogP contribution in [0.4, 0.5) is 5.69 Å². The maximum atomic E-state index is 12.3. The van der Waals surface area contributed by atoms with Gasteiger partial charge < -0.3 is 14.6 Å². The molecule has 0 unspecified atom stereocenters. The molecule has 0 spiro atoms. The molecule has 27 heavy (non-hydrogen) atoms. The third kappa shape index (κ3) is 4.61. The Morgan fingerprint density at radius 3 is 2.81 bits per heavy atom. The number of benzene rings is 2. The molecular formula is C19H19ClN4O2S. The molecule has 0 saturated carbocycles. The Balaban J connectivity index is 1.67. The second-order valence-electron chi connectivity index (χ2n) is 5.92. The topological polar surface area (TPSA) is 69.0 Å². The molecule has 3 aromatic rings. The molecule has 6 nitrogen and oxygen atoms in total. The minimum absolute atomic E-state index is 0.142. The minimum Gasteiger partial charge on any atom is -0.495 e. The average molecular weight is 403 g/mol. The summed E-state index contributed by atoms with van der Waals surface area (Å²) in [6.07, 6.45) is 0. The van der Waals surface area contributed by atoms with Crippen LogP contribution in [0.15, 0.2) is 47.6 Å². The fraction of sp³-hybridized carbons (Fsp3) is 0.211. The molecule has 2 aromatic carbocycles. The lowest BCUT2D eigenvalue weighted by atomic mass is 10.2. The van der Waals surface area contributed by atoms with Crippen molar-refractivity contribution in [2.75, 3.05) is 18.2 Å². The first-order chi connectivity index (χ1) is 13.0. The van der Waals surface area contributed by atoms with E-state index in [0.29, 0.717) is 27.4 Å². The van der Waals surface area contributed by atoms with Gasteiger partial charge in [0.05, 0.1) is 18.6 Å². The van der Waals surface area contributed by atoms with Crippen molar-refractivity contribution in [2.45, 2.75) is 12.1 Å². The van der Waals surface area contributed by atoms with Crippen molar-refractivity contribution in [2.24, 2.45) is 7.05 Å². The molecule has 0 saturated heterocycles. The van der Waals surface area contributed by atoms with E-state index >= 15 is 0 Å². The Bertz CT molecular complexity index is 974. The fourth-order valence-electron chi connectivity index (χ4n) is 2.56. The molecule has 0 atom stereocenters. The number of thioether (sulfide) groups is 1. The average Bonchev–Trinajstić information content (AvgIpc) is 3.01. The summed E-state index contributed by atoms with van der Waals surface area (Å²) in [7, 11) is 3.44. The number of aryl methyl sites for hydroxylation is 1. The molecule has 0 fully saturated rings. The van der Waals surface area contributed by atoms with Gasteiger partial charge in [0.15, 0.2) is 11.0 Å². The summed E-state index contributed by atoms with van der Waals surface area (Å²) in [6.45, 7) is 1.96. The lowest BCUT2D eigenvalue weighted by Crippen LogP contribution is -2.15. The zero-order chi connectivity index (χ0) is 19.4. The maximum Gasteiger partial charge on any atom is 0.234 e. The van der Waals surface area contributed by atoms with E-state index in [9.17, 15) is 4.79 Å². The number of aromatic nitrogens is 3. The molecule has 0 bridgehead atoms. The number of nitrogens with zero attached hydrogens (tertiary/aromatic N) is 3. The Morgan fingerprint density at radius 1 is 1.26 bits per heavy atom. The van der Waals surface area contributed by atoms with Crippen LogP contribution < -0.4 is 10.1 Å². The maximum absolute atomic E-state index is 12.3. The van der Waals surface area contributed by atoms with Gasteiger partial charge in [-0.15, -0.1) is 10.2 Å². The molecule has 0 aliphatic heterocycles. The molecule has 140 valence electrons. The summed E-state index contributed by atoms with van der Waals surface area (Å²) in [4.78, 5) is 12.3. The highest BCUT2D eigenvalue weighted by Crippen LogP contribution is 2.27. The van der Waals surface area contributed by atoms with Gasteiger partial charge in [0.1, 0.15) is 5.75 Å². The van der Waals surface area contributed by atoms with Crippen LogP contribution in [-0.2, 0) is 11.8 Å². The first-order valence-electron chi connectivity index (χ1n) is 8.20. The molecule has 0 radical (unpaired) electrons. The quantitative estimate of drug-likeness (QED) is 0.626. The SMILES string of the molecule is COc1ccc(C)cc1NC(=O)CSc1nnc(-c2cccc(Cl)c2)n1C. The zero-order valence-electron chi connectivity index (χ0n) is 15.2. The third-order valence-corrected chi connectivity index (χ3v) is 5.13.